The van der Waals surface area contributed by atoms with Crippen molar-refractivity contribution in [1.82, 2.24) is 10.3 Å². The van der Waals surface area contributed by atoms with E-state index in [1.54, 1.807) is 18.7 Å². The number of hydrogen-bond donors (Lipinski definition) is 1. The van der Waals surface area contributed by atoms with Crippen LogP contribution >= 0.6 is 0 Å². The molecule has 2 aromatic heterocycles. The lowest BCUT2D eigenvalue weighted by molar-refractivity contribution is -0.120. The fourth-order valence-corrected chi connectivity index (χ4v) is 1.59. The average Bonchev–Trinajstić information content (AvgIpc) is 2.73. The van der Waals surface area contributed by atoms with E-state index >= 15 is 0 Å². The maximum atomic E-state index is 11.1. The maximum Gasteiger partial charge on any atom is 0.219 e. The fraction of sp³-hybridized carbons (Fsp3) is 0.333. The molecule has 0 aromatic carbocycles. The Hall–Kier alpha value is -1.84. The van der Waals surface area contributed by atoms with Gasteiger partial charge in [-0.2, -0.15) is 0 Å². The molecule has 4 nitrogen and oxygen atoms in total. The van der Waals surface area contributed by atoms with Crippen molar-refractivity contribution >= 4 is 16.9 Å². The SMILES string of the molecule is CCC(=O)NCCc1coc2cnccc12. The van der Waals surface area contributed by atoms with Crippen LogP contribution in [0.15, 0.2) is 29.1 Å². The summed E-state index contributed by atoms with van der Waals surface area (Å²) in [6.45, 7) is 2.48. The minimum atomic E-state index is 0.0782. The van der Waals surface area contributed by atoms with Gasteiger partial charge in [-0.25, -0.2) is 0 Å². The maximum absolute atomic E-state index is 11.1. The summed E-state index contributed by atoms with van der Waals surface area (Å²) in [6.07, 6.45) is 6.47. The Kier molecular flexibility index (Phi) is 3.19. The average molecular weight is 218 g/mol. The summed E-state index contributed by atoms with van der Waals surface area (Å²) < 4.78 is 5.36. The van der Waals surface area contributed by atoms with E-state index in [1.165, 1.54) is 0 Å². The third-order valence-electron chi connectivity index (χ3n) is 2.50. The Labute approximate surface area is 93.7 Å². The molecular weight excluding hydrogens is 204 g/mol. The van der Waals surface area contributed by atoms with Crippen LogP contribution in [0.4, 0.5) is 0 Å². The van der Waals surface area contributed by atoms with Crippen molar-refractivity contribution < 1.29 is 9.21 Å². The van der Waals surface area contributed by atoms with E-state index in [2.05, 4.69) is 10.3 Å². The van der Waals surface area contributed by atoms with Gasteiger partial charge in [0.1, 0.15) is 0 Å². The highest BCUT2D eigenvalue weighted by molar-refractivity contribution is 5.80. The van der Waals surface area contributed by atoms with Gasteiger partial charge < -0.3 is 9.73 Å². The van der Waals surface area contributed by atoms with Gasteiger partial charge in [0, 0.05) is 30.1 Å². The van der Waals surface area contributed by atoms with Gasteiger partial charge in [-0.15, -0.1) is 0 Å². The highest BCUT2D eigenvalue weighted by Crippen LogP contribution is 2.19. The first kappa shape index (κ1) is 10.7. The molecule has 0 aliphatic heterocycles. The van der Waals surface area contributed by atoms with Crippen molar-refractivity contribution in [2.75, 3.05) is 6.54 Å². The van der Waals surface area contributed by atoms with E-state index in [0.717, 1.165) is 23.0 Å². The van der Waals surface area contributed by atoms with Crippen molar-refractivity contribution in [3.63, 3.8) is 0 Å². The minimum Gasteiger partial charge on any atom is -0.462 e. The summed E-state index contributed by atoms with van der Waals surface area (Å²) in [4.78, 5) is 15.0. The van der Waals surface area contributed by atoms with Gasteiger partial charge in [-0.05, 0) is 12.5 Å². The number of nitrogens with one attached hydrogen (secondary N) is 1. The van der Waals surface area contributed by atoms with Gasteiger partial charge in [0.25, 0.3) is 0 Å². The van der Waals surface area contributed by atoms with Crippen molar-refractivity contribution in [3.05, 3.63) is 30.3 Å². The van der Waals surface area contributed by atoms with E-state index < -0.39 is 0 Å². The zero-order chi connectivity index (χ0) is 11.4. The van der Waals surface area contributed by atoms with E-state index in [0.29, 0.717) is 13.0 Å². The summed E-state index contributed by atoms with van der Waals surface area (Å²) in [5, 5.41) is 3.91. The standard InChI is InChI=1S/C12H14N2O2/c1-2-12(15)14-6-3-9-8-16-11-7-13-5-4-10(9)11/h4-5,7-8H,2-3,6H2,1H3,(H,14,15). The van der Waals surface area contributed by atoms with Gasteiger partial charge in [-0.1, -0.05) is 6.92 Å². The van der Waals surface area contributed by atoms with Crippen molar-refractivity contribution in [2.24, 2.45) is 0 Å². The molecule has 0 aliphatic carbocycles. The summed E-state index contributed by atoms with van der Waals surface area (Å²) in [6, 6.07) is 1.93. The molecule has 4 heteroatoms. The molecule has 0 saturated carbocycles. The molecule has 16 heavy (non-hydrogen) atoms. The number of rotatable bonds is 4. The van der Waals surface area contributed by atoms with Gasteiger partial charge in [0.15, 0.2) is 5.58 Å². The predicted molar refractivity (Wildman–Crippen MR) is 61.0 cm³/mol. The molecule has 2 aromatic rings. The minimum absolute atomic E-state index is 0.0782. The Balaban J connectivity index is 2.02. The monoisotopic (exact) mass is 218 g/mol. The number of amides is 1. The first-order valence-electron chi connectivity index (χ1n) is 5.38. The lowest BCUT2D eigenvalue weighted by Gasteiger charge is -2.01. The van der Waals surface area contributed by atoms with Crippen LogP contribution in [0.1, 0.15) is 18.9 Å². The fourth-order valence-electron chi connectivity index (χ4n) is 1.59. The number of fused-ring (bicyclic) bond motifs is 1. The topological polar surface area (TPSA) is 55.1 Å². The molecule has 0 aliphatic rings. The summed E-state index contributed by atoms with van der Waals surface area (Å²) in [7, 11) is 0. The quantitative estimate of drug-likeness (QED) is 0.852. The second kappa shape index (κ2) is 4.79. The first-order valence-corrected chi connectivity index (χ1v) is 5.38. The number of furan rings is 1. The van der Waals surface area contributed by atoms with Crippen LogP contribution in [-0.4, -0.2) is 17.4 Å². The van der Waals surface area contributed by atoms with Crippen molar-refractivity contribution in [2.45, 2.75) is 19.8 Å². The van der Waals surface area contributed by atoms with E-state index in [-0.39, 0.29) is 5.91 Å². The molecule has 0 spiro atoms. The normalized spacial score (nSPS) is 10.6. The van der Waals surface area contributed by atoms with E-state index in [4.69, 9.17) is 4.42 Å². The molecular formula is C12H14N2O2. The number of carbonyl (C=O) groups excluding carboxylic acids is 1. The number of hydrogen-bond acceptors (Lipinski definition) is 3. The van der Waals surface area contributed by atoms with Gasteiger partial charge in [-0.3, -0.25) is 9.78 Å². The summed E-state index contributed by atoms with van der Waals surface area (Å²) >= 11 is 0. The third kappa shape index (κ3) is 2.21. The molecule has 0 fully saturated rings. The zero-order valence-electron chi connectivity index (χ0n) is 9.19. The molecule has 0 radical (unpaired) electrons. The summed E-state index contributed by atoms with van der Waals surface area (Å²) in [5.74, 6) is 0.0782. The van der Waals surface area contributed by atoms with Crippen molar-refractivity contribution in [3.8, 4) is 0 Å². The number of carbonyl (C=O) groups is 1. The zero-order valence-corrected chi connectivity index (χ0v) is 9.19. The molecule has 2 heterocycles. The Morgan fingerprint density at radius 3 is 3.25 bits per heavy atom. The molecule has 0 bridgehead atoms. The first-order chi connectivity index (χ1) is 7.81. The molecule has 84 valence electrons. The van der Waals surface area contributed by atoms with Crippen LogP contribution in [0.2, 0.25) is 0 Å². The molecule has 0 saturated heterocycles. The van der Waals surface area contributed by atoms with Crippen LogP contribution in [0.3, 0.4) is 0 Å². The summed E-state index contributed by atoms with van der Waals surface area (Å²) in [5.41, 5.74) is 1.90. The Bertz CT molecular complexity index is 490. The highest BCUT2D eigenvalue weighted by atomic mass is 16.3. The third-order valence-corrected chi connectivity index (χ3v) is 2.50. The van der Waals surface area contributed by atoms with Crippen LogP contribution in [-0.2, 0) is 11.2 Å². The lowest BCUT2D eigenvalue weighted by Crippen LogP contribution is -2.24. The molecule has 2 rings (SSSR count). The Morgan fingerprint density at radius 1 is 1.56 bits per heavy atom. The van der Waals surface area contributed by atoms with Crippen LogP contribution < -0.4 is 5.32 Å². The van der Waals surface area contributed by atoms with Crippen molar-refractivity contribution in [1.29, 1.82) is 0 Å². The second-order valence-corrected chi connectivity index (χ2v) is 3.59. The van der Waals surface area contributed by atoms with Crippen LogP contribution in [0, 0.1) is 0 Å². The molecule has 0 unspecified atom stereocenters. The molecule has 0 atom stereocenters. The van der Waals surface area contributed by atoms with Crippen LogP contribution in [0.25, 0.3) is 11.0 Å². The van der Waals surface area contributed by atoms with Gasteiger partial charge >= 0.3 is 0 Å². The van der Waals surface area contributed by atoms with Gasteiger partial charge in [0.2, 0.25) is 5.91 Å². The number of pyridine rings is 1. The molecule has 1 N–H and O–H groups in total. The van der Waals surface area contributed by atoms with Gasteiger partial charge in [0.05, 0.1) is 12.5 Å². The smallest absolute Gasteiger partial charge is 0.219 e. The highest BCUT2D eigenvalue weighted by Gasteiger charge is 2.05. The van der Waals surface area contributed by atoms with E-state index in [1.807, 2.05) is 13.0 Å². The molecule has 1 amide bonds. The second-order valence-electron chi connectivity index (χ2n) is 3.59. The lowest BCUT2D eigenvalue weighted by atomic mass is 10.1. The predicted octanol–water partition coefficient (Wildman–Crippen LogP) is 1.90. The largest absolute Gasteiger partial charge is 0.462 e. The number of nitrogens with zero attached hydrogens (tertiary/aromatic N) is 1. The Morgan fingerprint density at radius 2 is 2.44 bits per heavy atom. The van der Waals surface area contributed by atoms with Crippen LogP contribution in [0.5, 0.6) is 0 Å². The van der Waals surface area contributed by atoms with E-state index in [9.17, 15) is 4.79 Å². The number of aromatic nitrogens is 1.